The summed E-state index contributed by atoms with van der Waals surface area (Å²) in [4.78, 5) is 26.1. The number of aromatic nitrogens is 2. The number of hydrogen-bond donors (Lipinski definition) is 0. The van der Waals surface area contributed by atoms with E-state index in [1.807, 2.05) is 44.0 Å². The zero-order valence-corrected chi connectivity index (χ0v) is 20.2. The number of benzene rings is 1. The topological polar surface area (TPSA) is 77.0 Å². The monoisotopic (exact) mass is 454 g/mol. The average Bonchev–Trinajstić information content (AvgIpc) is 3.31. The van der Waals surface area contributed by atoms with E-state index in [-0.39, 0.29) is 23.8 Å². The molecular formula is C25H34N4O4. The summed E-state index contributed by atoms with van der Waals surface area (Å²) >= 11 is 0. The van der Waals surface area contributed by atoms with Crippen LogP contribution in [0.4, 0.5) is 10.5 Å². The lowest BCUT2D eigenvalue weighted by atomic mass is 9.75. The third kappa shape index (κ3) is 4.33. The van der Waals surface area contributed by atoms with Crippen LogP contribution in [-0.2, 0) is 9.47 Å². The molecule has 1 aliphatic carbocycles. The molecule has 2 aromatic rings. The molecule has 178 valence electrons. The minimum absolute atomic E-state index is 0.0133. The lowest BCUT2D eigenvalue weighted by molar-refractivity contribution is -0.0379. The van der Waals surface area contributed by atoms with Crippen molar-refractivity contribution in [3.8, 4) is 6.01 Å². The van der Waals surface area contributed by atoms with Gasteiger partial charge >= 0.3 is 12.1 Å². The first-order valence-electron chi connectivity index (χ1n) is 11.9. The van der Waals surface area contributed by atoms with Gasteiger partial charge in [-0.2, -0.15) is 4.98 Å². The third-order valence-corrected chi connectivity index (χ3v) is 6.86. The maximum atomic E-state index is 12.8. The zero-order chi connectivity index (χ0) is 23.4. The summed E-state index contributed by atoms with van der Waals surface area (Å²) in [5.41, 5.74) is 1.29. The molecule has 8 nitrogen and oxygen atoms in total. The summed E-state index contributed by atoms with van der Waals surface area (Å²) in [5.74, 6) is 0.703. The molecule has 4 aliphatic rings. The van der Waals surface area contributed by atoms with Gasteiger partial charge < -0.3 is 19.1 Å². The van der Waals surface area contributed by atoms with Crippen molar-refractivity contribution in [2.45, 2.75) is 70.7 Å². The molecule has 2 bridgehead atoms. The minimum atomic E-state index is -0.510. The summed E-state index contributed by atoms with van der Waals surface area (Å²) in [6.45, 7) is 12.6. The van der Waals surface area contributed by atoms with Crippen molar-refractivity contribution in [1.29, 1.82) is 0 Å². The van der Waals surface area contributed by atoms with E-state index in [4.69, 9.17) is 14.2 Å². The molecule has 6 rings (SSSR count). The zero-order valence-electron chi connectivity index (χ0n) is 20.2. The summed E-state index contributed by atoms with van der Waals surface area (Å²) in [7, 11) is 0. The Balaban J connectivity index is 1.31. The molecule has 0 N–H and O–H groups in total. The van der Waals surface area contributed by atoms with Crippen LogP contribution in [0.25, 0.3) is 10.9 Å². The van der Waals surface area contributed by atoms with E-state index in [9.17, 15) is 4.79 Å². The van der Waals surface area contributed by atoms with Crippen LogP contribution in [0.1, 0.15) is 47.5 Å². The highest BCUT2D eigenvalue weighted by molar-refractivity contribution is 5.91. The van der Waals surface area contributed by atoms with Gasteiger partial charge in [-0.3, -0.25) is 4.90 Å². The maximum Gasteiger partial charge on any atom is 0.410 e. The number of ether oxygens (including phenoxy) is 3. The quantitative estimate of drug-likeness (QED) is 0.690. The Kier molecular flexibility index (Phi) is 5.39. The summed E-state index contributed by atoms with van der Waals surface area (Å²) in [6.07, 6.45) is 3.75. The highest BCUT2D eigenvalue weighted by atomic mass is 16.6. The van der Waals surface area contributed by atoms with Crippen molar-refractivity contribution < 1.29 is 19.0 Å². The van der Waals surface area contributed by atoms with Gasteiger partial charge in [0.2, 0.25) is 0 Å². The Hall–Kier alpha value is -2.61. The molecule has 0 unspecified atom stereocenters. The molecule has 33 heavy (non-hydrogen) atoms. The number of hydrogen-bond acceptors (Lipinski definition) is 7. The number of piperazine rings is 1. The average molecular weight is 455 g/mol. The van der Waals surface area contributed by atoms with Crippen molar-refractivity contribution in [2.75, 3.05) is 31.2 Å². The lowest BCUT2D eigenvalue weighted by Crippen LogP contribution is -2.59. The molecule has 0 spiro atoms. The minimum Gasteiger partial charge on any atom is -0.460 e. The van der Waals surface area contributed by atoms with E-state index in [1.165, 1.54) is 0 Å². The summed E-state index contributed by atoms with van der Waals surface area (Å²) < 4.78 is 17.4. The van der Waals surface area contributed by atoms with Gasteiger partial charge in [0.15, 0.2) is 0 Å². The van der Waals surface area contributed by atoms with Crippen molar-refractivity contribution in [2.24, 2.45) is 5.92 Å². The normalized spacial score (nSPS) is 29.2. The second-order valence-corrected chi connectivity index (χ2v) is 10.9. The van der Waals surface area contributed by atoms with Gasteiger partial charge in [-0.25, -0.2) is 9.78 Å². The van der Waals surface area contributed by atoms with E-state index in [0.717, 1.165) is 36.0 Å². The highest BCUT2D eigenvalue weighted by Gasteiger charge is 2.52. The molecule has 3 saturated heterocycles. The van der Waals surface area contributed by atoms with E-state index < -0.39 is 5.60 Å². The molecular weight excluding hydrogens is 420 g/mol. The van der Waals surface area contributed by atoms with E-state index in [0.29, 0.717) is 31.6 Å². The molecule has 0 radical (unpaired) electrons. The Labute approximate surface area is 195 Å². The third-order valence-electron chi connectivity index (χ3n) is 6.86. The number of anilines is 1. The molecule has 1 aromatic carbocycles. The van der Waals surface area contributed by atoms with Gasteiger partial charge in [0, 0.05) is 30.4 Å². The van der Waals surface area contributed by atoms with Crippen LogP contribution >= 0.6 is 0 Å². The smallest absolute Gasteiger partial charge is 0.410 e. The first kappa shape index (κ1) is 22.2. The number of fused-ring (bicyclic) bond motifs is 2. The van der Waals surface area contributed by atoms with Crippen molar-refractivity contribution in [3.63, 3.8) is 0 Å². The van der Waals surface area contributed by atoms with Gasteiger partial charge in [-0.15, -0.1) is 0 Å². The molecule has 1 amide bonds. The molecule has 4 fully saturated rings. The highest BCUT2D eigenvalue weighted by Crippen LogP contribution is 2.48. The predicted octanol–water partition coefficient (Wildman–Crippen LogP) is 4.02. The van der Waals surface area contributed by atoms with E-state index in [1.54, 1.807) is 0 Å². The second kappa shape index (κ2) is 8.01. The van der Waals surface area contributed by atoms with Crippen LogP contribution in [0, 0.1) is 5.92 Å². The Morgan fingerprint density at radius 2 is 1.94 bits per heavy atom. The molecule has 1 saturated carbocycles. The maximum absolute atomic E-state index is 12.8. The van der Waals surface area contributed by atoms with Crippen LogP contribution in [0.2, 0.25) is 0 Å². The first-order chi connectivity index (χ1) is 15.6. The number of carbonyl (C=O) groups excluding carboxylic acids is 1. The van der Waals surface area contributed by atoms with Crippen LogP contribution in [0.5, 0.6) is 6.01 Å². The fourth-order valence-electron chi connectivity index (χ4n) is 5.44. The summed E-state index contributed by atoms with van der Waals surface area (Å²) in [6, 6.07) is 6.51. The molecule has 2 atom stereocenters. The molecule has 4 heterocycles. The predicted molar refractivity (Wildman–Crippen MR) is 126 cm³/mol. The van der Waals surface area contributed by atoms with Gasteiger partial charge in [-0.1, -0.05) is 6.07 Å². The fourth-order valence-corrected chi connectivity index (χ4v) is 5.44. The first-order valence-corrected chi connectivity index (χ1v) is 11.9. The van der Waals surface area contributed by atoms with Gasteiger partial charge in [0.1, 0.15) is 17.8 Å². The Morgan fingerprint density at radius 1 is 1.21 bits per heavy atom. The number of nitrogens with zero attached hydrogens (tertiary/aromatic N) is 4. The standard InChI is InChI=1S/C25H34N4O4/c1-16-12-28(13-17(2)29(16)23(30)33-24(3,4)5)21-8-6-7-20-19(21)11-26-22(27-20)31-15-25-9-18(10-25)14-32-25/h6-8,11,16-18H,9-10,12-15H2,1-5H3/t16-,17-,18?,25?/m0/s1. The SMILES string of the molecule is C[C@H]1CN(c2cccc3nc(OCC45CC(CO4)C5)ncc23)C[C@H](C)N1C(=O)OC(C)(C)C. The van der Waals surface area contributed by atoms with Gasteiger partial charge in [-0.05, 0) is 65.5 Å². The van der Waals surface area contributed by atoms with Crippen LogP contribution in [0.15, 0.2) is 24.4 Å². The van der Waals surface area contributed by atoms with Gasteiger partial charge in [0.25, 0.3) is 0 Å². The van der Waals surface area contributed by atoms with Crippen LogP contribution in [-0.4, -0.2) is 70.6 Å². The molecule has 8 heteroatoms. The van der Waals surface area contributed by atoms with E-state index in [2.05, 4.69) is 34.8 Å². The van der Waals surface area contributed by atoms with Crippen molar-refractivity contribution in [3.05, 3.63) is 24.4 Å². The Morgan fingerprint density at radius 3 is 2.58 bits per heavy atom. The largest absolute Gasteiger partial charge is 0.460 e. The van der Waals surface area contributed by atoms with Crippen LogP contribution < -0.4 is 9.64 Å². The molecule has 3 aliphatic heterocycles. The number of amides is 1. The number of rotatable bonds is 4. The van der Waals surface area contributed by atoms with Gasteiger partial charge in [0.05, 0.1) is 24.2 Å². The number of carbonyl (C=O) groups is 1. The Bertz CT molecular complexity index is 1030. The summed E-state index contributed by atoms with van der Waals surface area (Å²) in [5, 5.41) is 0.981. The lowest BCUT2D eigenvalue weighted by Gasteiger charge is -2.45. The van der Waals surface area contributed by atoms with Crippen molar-refractivity contribution in [1.82, 2.24) is 14.9 Å². The van der Waals surface area contributed by atoms with Crippen LogP contribution in [0.3, 0.4) is 0 Å². The fraction of sp³-hybridized carbons (Fsp3) is 0.640. The van der Waals surface area contributed by atoms with E-state index >= 15 is 0 Å². The molecule has 1 aromatic heterocycles. The second-order valence-electron chi connectivity index (χ2n) is 10.9. The van der Waals surface area contributed by atoms with Crippen molar-refractivity contribution >= 4 is 22.7 Å².